The molecule has 116 valence electrons. The van der Waals surface area contributed by atoms with Gasteiger partial charge in [0.25, 0.3) is 5.91 Å². The molecule has 2 aromatic rings. The average Bonchev–Trinajstić information content (AvgIpc) is 2.54. The molecule has 2 rings (SSSR count). The van der Waals surface area contributed by atoms with Crippen LogP contribution in [0, 0.1) is 0 Å². The summed E-state index contributed by atoms with van der Waals surface area (Å²) in [5.74, 6) is 0.764. The molecule has 0 aliphatic heterocycles. The number of nitrogens with one attached hydrogen (secondary N) is 1. The Morgan fingerprint density at radius 1 is 1.32 bits per heavy atom. The Bertz CT molecular complexity index is 634. The highest BCUT2D eigenvalue weighted by Gasteiger charge is 2.14. The molecule has 0 saturated carbocycles. The number of nitrogens with zero attached hydrogens (tertiary/aromatic N) is 2. The van der Waals surface area contributed by atoms with Crippen LogP contribution in [0.4, 0.5) is 5.82 Å². The molecule has 22 heavy (non-hydrogen) atoms. The quantitative estimate of drug-likeness (QED) is 0.885. The van der Waals surface area contributed by atoms with Crippen molar-refractivity contribution in [2.24, 2.45) is 0 Å². The summed E-state index contributed by atoms with van der Waals surface area (Å²) >= 11 is 5.63. The van der Waals surface area contributed by atoms with Gasteiger partial charge in [-0.1, -0.05) is 23.7 Å². The SMILES string of the molecule is COc1cccc(COC(C)C(=O)Nc2ccc(Cl)nn2)c1. The average molecular weight is 322 g/mol. The third kappa shape index (κ3) is 4.68. The molecule has 1 atom stereocenters. The van der Waals surface area contributed by atoms with Gasteiger partial charge in [0.05, 0.1) is 13.7 Å². The van der Waals surface area contributed by atoms with Crippen molar-refractivity contribution >= 4 is 23.3 Å². The number of hydrogen-bond donors (Lipinski definition) is 1. The van der Waals surface area contributed by atoms with E-state index in [1.165, 1.54) is 0 Å². The second-order valence-electron chi connectivity index (χ2n) is 4.54. The van der Waals surface area contributed by atoms with Crippen molar-refractivity contribution in [3.8, 4) is 5.75 Å². The Kier molecular flexibility index (Phi) is 5.68. The van der Waals surface area contributed by atoms with Gasteiger partial charge in [-0.15, -0.1) is 10.2 Å². The highest BCUT2D eigenvalue weighted by atomic mass is 35.5. The largest absolute Gasteiger partial charge is 0.497 e. The molecule has 0 spiro atoms. The normalized spacial score (nSPS) is 11.8. The summed E-state index contributed by atoms with van der Waals surface area (Å²) in [7, 11) is 1.60. The molecule has 1 N–H and O–H groups in total. The number of methoxy groups -OCH3 is 1. The lowest BCUT2D eigenvalue weighted by atomic mass is 10.2. The lowest BCUT2D eigenvalue weighted by Gasteiger charge is -2.13. The van der Waals surface area contributed by atoms with Gasteiger partial charge in [0, 0.05) is 0 Å². The third-order valence-corrected chi connectivity index (χ3v) is 3.09. The first-order chi connectivity index (χ1) is 10.6. The van der Waals surface area contributed by atoms with Crippen molar-refractivity contribution in [2.45, 2.75) is 19.6 Å². The number of ether oxygens (including phenoxy) is 2. The van der Waals surface area contributed by atoms with Crippen LogP contribution in [0.1, 0.15) is 12.5 Å². The van der Waals surface area contributed by atoms with Gasteiger partial charge in [0.15, 0.2) is 11.0 Å². The lowest BCUT2D eigenvalue weighted by molar-refractivity contribution is -0.127. The number of aromatic nitrogens is 2. The highest BCUT2D eigenvalue weighted by Crippen LogP contribution is 2.14. The van der Waals surface area contributed by atoms with Crippen molar-refractivity contribution in [1.82, 2.24) is 10.2 Å². The van der Waals surface area contributed by atoms with E-state index in [0.717, 1.165) is 11.3 Å². The van der Waals surface area contributed by atoms with Gasteiger partial charge in [-0.2, -0.15) is 0 Å². The summed E-state index contributed by atoms with van der Waals surface area (Å²) in [6.45, 7) is 1.97. The zero-order chi connectivity index (χ0) is 15.9. The molecule has 1 aromatic carbocycles. The smallest absolute Gasteiger partial charge is 0.254 e. The van der Waals surface area contributed by atoms with E-state index in [2.05, 4.69) is 15.5 Å². The molecule has 6 nitrogen and oxygen atoms in total. The van der Waals surface area contributed by atoms with Crippen LogP contribution in [-0.4, -0.2) is 29.3 Å². The van der Waals surface area contributed by atoms with Crippen LogP contribution in [0.25, 0.3) is 0 Å². The number of carbonyl (C=O) groups is 1. The van der Waals surface area contributed by atoms with Crippen LogP contribution in [-0.2, 0) is 16.1 Å². The molecule has 0 fully saturated rings. The van der Waals surface area contributed by atoms with Gasteiger partial charge in [-0.3, -0.25) is 4.79 Å². The van der Waals surface area contributed by atoms with E-state index in [1.807, 2.05) is 24.3 Å². The van der Waals surface area contributed by atoms with Crippen LogP contribution in [0.15, 0.2) is 36.4 Å². The van der Waals surface area contributed by atoms with Crippen molar-refractivity contribution in [2.75, 3.05) is 12.4 Å². The molecule has 1 amide bonds. The van der Waals surface area contributed by atoms with E-state index >= 15 is 0 Å². The molecule has 0 aliphatic carbocycles. The van der Waals surface area contributed by atoms with Gasteiger partial charge in [-0.25, -0.2) is 0 Å². The number of rotatable bonds is 6. The zero-order valence-corrected chi connectivity index (χ0v) is 13.0. The molecule has 1 unspecified atom stereocenters. The monoisotopic (exact) mass is 321 g/mol. The molecule has 7 heteroatoms. The Morgan fingerprint density at radius 2 is 2.14 bits per heavy atom. The lowest BCUT2D eigenvalue weighted by Crippen LogP contribution is -2.28. The van der Waals surface area contributed by atoms with Gasteiger partial charge >= 0.3 is 0 Å². The Balaban J connectivity index is 1.86. The minimum atomic E-state index is -0.635. The van der Waals surface area contributed by atoms with E-state index in [4.69, 9.17) is 21.1 Å². The second kappa shape index (κ2) is 7.72. The second-order valence-corrected chi connectivity index (χ2v) is 4.92. The Labute approximate surface area is 133 Å². The summed E-state index contributed by atoms with van der Waals surface area (Å²) in [6, 6.07) is 10.6. The number of hydrogen-bond acceptors (Lipinski definition) is 5. The molecular weight excluding hydrogens is 306 g/mol. The van der Waals surface area contributed by atoms with Gasteiger partial charge in [-0.05, 0) is 36.8 Å². The topological polar surface area (TPSA) is 73.3 Å². The first kappa shape index (κ1) is 16.2. The van der Waals surface area contributed by atoms with Gasteiger partial charge in [0.2, 0.25) is 0 Å². The van der Waals surface area contributed by atoms with E-state index in [1.54, 1.807) is 26.2 Å². The van der Waals surface area contributed by atoms with E-state index in [0.29, 0.717) is 12.4 Å². The zero-order valence-electron chi connectivity index (χ0n) is 12.2. The molecule has 1 heterocycles. The fourth-order valence-electron chi connectivity index (χ4n) is 1.67. The van der Waals surface area contributed by atoms with Gasteiger partial charge < -0.3 is 14.8 Å². The first-order valence-corrected chi connectivity index (χ1v) is 7.01. The number of halogens is 1. The van der Waals surface area contributed by atoms with E-state index in [9.17, 15) is 4.79 Å². The van der Waals surface area contributed by atoms with Crippen LogP contribution in [0.5, 0.6) is 5.75 Å². The van der Waals surface area contributed by atoms with Crippen molar-refractivity contribution < 1.29 is 14.3 Å². The van der Waals surface area contributed by atoms with Crippen LogP contribution < -0.4 is 10.1 Å². The van der Waals surface area contributed by atoms with E-state index < -0.39 is 6.10 Å². The Morgan fingerprint density at radius 3 is 2.82 bits per heavy atom. The van der Waals surface area contributed by atoms with Crippen LogP contribution in [0.3, 0.4) is 0 Å². The molecular formula is C15H16ClN3O3. The molecule has 0 bridgehead atoms. The molecule has 0 radical (unpaired) electrons. The van der Waals surface area contributed by atoms with E-state index in [-0.39, 0.29) is 11.1 Å². The predicted octanol–water partition coefficient (Wildman–Crippen LogP) is 2.68. The standard InChI is InChI=1S/C15H16ClN3O3/c1-10(15(20)17-14-7-6-13(16)18-19-14)22-9-11-4-3-5-12(8-11)21-2/h3-8,10H,9H2,1-2H3,(H,17,19,20). The fourth-order valence-corrected chi connectivity index (χ4v) is 1.77. The van der Waals surface area contributed by atoms with Crippen molar-refractivity contribution in [3.63, 3.8) is 0 Å². The minimum absolute atomic E-state index is 0.264. The fraction of sp³-hybridized carbons (Fsp3) is 0.267. The van der Waals surface area contributed by atoms with Gasteiger partial charge in [0.1, 0.15) is 11.9 Å². The van der Waals surface area contributed by atoms with Crippen molar-refractivity contribution in [3.05, 3.63) is 47.1 Å². The highest BCUT2D eigenvalue weighted by molar-refractivity contribution is 6.29. The maximum atomic E-state index is 12.0. The summed E-state index contributed by atoms with van der Waals surface area (Å²) in [6.07, 6.45) is -0.635. The predicted molar refractivity (Wildman–Crippen MR) is 82.9 cm³/mol. The van der Waals surface area contributed by atoms with Crippen LogP contribution in [0.2, 0.25) is 5.15 Å². The summed E-state index contributed by atoms with van der Waals surface area (Å²) in [4.78, 5) is 12.0. The number of benzene rings is 1. The maximum Gasteiger partial charge on any atom is 0.254 e. The number of carbonyl (C=O) groups excluding carboxylic acids is 1. The molecule has 1 aromatic heterocycles. The summed E-state index contributed by atoms with van der Waals surface area (Å²) < 4.78 is 10.7. The Hall–Kier alpha value is -2.18. The van der Waals surface area contributed by atoms with Crippen molar-refractivity contribution in [1.29, 1.82) is 0 Å². The summed E-state index contributed by atoms with van der Waals surface area (Å²) in [5.41, 5.74) is 0.922. The molecule has 0 aliphatic rings. The third-order valence-electron chi connectivity index (χ3n) is 2.89. The molecule has 0 saturated heterocycles. The number of amides is 1. The maximum absolute atomic E-state index is 12.0. The first-order valence-electron chi connectivity index (χ1n) is 6.63. The number of anilines is 1. The van der Waals surface area contributed by atoms with Crippen LogP contribution >= 0.6 is 11.6 Å². The minimum Gasteiger partial charge on any atom is -0.497 e. The summed E-state index contributed by atoms with van der Waals surface area (Å²) in [5, 5.41) is 10.3.